The maximum absolute atomic E-state index is 13.2. The SMILES string of the molecule is CCCCC[SiH]1CCC(C2CC[SiH](c3ccc(-c4ccc(F)cc4)cc3)CC2)CC1. The van der Waals surface area contributed by atoms with Crippen molar-refractivity contribution in [2.75, 3.05) is 0 Å². The lowest BCUT2D eigenvalue weighted by atomic mass is 9.83. The summed E-state index contributed by atoms with van der Waals surface area (Å²) in [7, 11) is -1.14. The first-order valence-corrected chi connectivity index (χ1v) is 17.2. The highest BCUT2D eigenvalue weighted by Gasteiger charge is 2.31. The molecular weight excluding hydrogens is 399 g/mol. The largest absolute Gasteiger partial charge is 0.207 e. The molecule has 2 saturated heterocycles. The molecule has 0 N–H and O–H groups in total. The van der Waals surface area contributed by atoms with Gasteiger partial charge in [0.2, 0.25) is 0 Å². The average molecular weight is 439 g/mol. The van der Waals surface area contributed by atoms with Crippen LogP contribution in [0.25, 0.3) is 11.1 Å². The Morgan fingerprint density at radius 1 is 0.733 bits per heavy atom. The molecule has 4 rings (SSSR count). The molecule has 0 nitrogen and oxygen atoms in total. The van der Waals surface area contributed by atoms with Crippen molar-refractivity contribution in [1.29, 1.82) is 0 Å². The summed E-state index contributed by atoms with van der Waals surface area (Å²) in [5.74, 6) is 1.94. The summed E-state index contributed by atoms with van der Waals surface area (Å²) in [6, 6.07) is 24.1. The van der Waals surface area contributed by atoms with Gasteiger partial charge in [-0.25, -0.2) is 4.39 Å². The first kappa shape index (κ1) is 22.0. The van der Waals surface area contributed by atoms with Crippen molar-refractivity contribution < 1.29 is 4.39 Å². The van der Waals surface area contributed by atoms with Crippen molar-refractivity contribution in [3.8, 4) is 11.1 Å². The van der Waals surface area contributed by atoms with Gasteiger partial charge < -0.3 is 0 Å². The smallest absolute Gasteiger partial charge is 0.123 e. The Morgan fingerprint density at radius 2 is 1.27 bits per heavy atom. The van der Waals surface area contributed by atoms with Gasteiger partial charge in [-0.15, -0.1) is 0 Å². The zero-order valence-corrected chi connectivity index (χ0v) is 21.1. The highest BCUT2D eigenvalue weighted by molar-refractivity contribution is 6.73. The number of hydrogen-bond acceptors (Lipinski definition) is 0. The van der Waals surface area contributed by atoms with Gasteiger partial charge >= 0.3 is 0 Å². The number of rotatable bonds is 7. The molecule has 0 atom stereocenters. The van der Waals surface area contributed by atoms with Crippen molar-refractivity contribution in [3.05, 3.63) is 54.3 Å². The van der Waals surface area contributed by atoms with Gasteiger partial charge in [-0.2, -0.15) is 0 Å². The van der Waals surface area contributed by atoms with Gasteiger partial charge in [0.25, 0.3) is 0 Å². The summed E-state index contributed by atoms with van der Waals surface area (Å²) in [6.45, 7) is 2.33. The Morgan fingerprint density at radius 3 is 1.83 bits per heavy atom. The third-order valence-electron chi connectivity index (χ3n) is 8.11. The van der Waals surface area contributed by atoms with Gasteiger partial charge in [-0.1, -0.05) is 124 Å². The first-order valence-electron chi connectivity index (χ1n) is 12.6. The number of hydrogen-bond donors (Lipinski definition) is 0. The van der Waals surface area contributed by atoms with Gasteiger partial charge in [0.15, 0.2) is 0 Å². The first-order chi connectivity index (χ1) is 14.7. The molecule has 0 aromatic heterocycles. The predicted molar refractivity (Wildman–Crippen MR) is 135 cm³/mol. The molecule has 30 heavy (non-hydrogen) atoms. The van der Waals surface area contributed by atoms with Crippen molar-refractivity contribution in [1.82, 2.24) is 0 Å². The summed E-state index contributed by atoms with van der Waals surface area (Å²) in [5, 5.41) is 1.64. The monoisotopic (exact) mass is 438 g/mol. The fourth-order valence-corrected chi connectivity index (χ4v) is 13.0. The average Bonchev–Trinajstić information content (AvgIpc) is 2.81. The predicted octanol–water partition coefficient (Wildman–Crippen LogP) is 7.16. The Kier molecular flexibility index (Phi) is 8.00. The van der Waals surface area contributed by atoms with E-state index in [9.17, 15) is 4.39 Å². The molecule has 2 heterocycles. The fourth-order valence-electron chi connectivity index (χ4n) is 6.15. The summed E-state index contributed by atoms with van der Waals surface area (Å²) in [5.41, 5.74) is 2.32. The van der Waals surface area contributed by atoms with E-state index < -0.39 is 8.80 Å². The molecule has 2 fully saturated rings. The van der Waals surface area contributed by atoms with E-state index in [1.807, 2.05) is 12.1 Å². The minimum absolute atomic E-state index is 0.160. The third kappa shape index (κ3) is 5.73. The minimum Gasteiger partial charge on any atom is -0.207 e. The summed E-state index contributed by atoms with van der Waals surface area (Å²) >= 11 is 0. The summed E-state index contributed by atoms with van der Waals surface area (Å²) < 4.78 is 13.2. The highest BCUT2D eigenvalue weighted by Crippen LogP contribution is 2.40. The van der Waals surface area contributed by atoms with Gasteiger partial charge in [0, 0.05) is 8.80 Å². The molecule has 0 bridgehead atoms. The lowest BCUT2D eigenvalue weighted by Crippen LogP contribution is -2.36. The quantitative estimate of drug-likeness (QED) is 0.318. The van der Waals surface area contributed by atoms with E-state index in [1.54, 1.807) is 48.3 Å². The van der Waals surface area contributed by atoms with Crippen LogP contribution in [-0.4, -0.2) is 17.6 Å². The molecule has 0 saturated carbocycles. The van der Waals surface area contributed by atoms with Crippen molar-refractivity contribution in [2.24, 2.45) is 11.8 Å². The zero-order valence-electron chi connectivity index (χ0n) is 18.8. The Labute approximate surface area is 186 Å². The van der Waals surface area contributed by atoms with Crippen LogP contribution in [0.1, 0.15) is 51.9 Å². The van der Waals surface area contributed by atoms with E-state index >= 15 is 0 Å². The van der Waals surface area contributed by atoms with Crippen molar-refractivity contribution >= 4 is 22.8 Å². The standard InChI is InChI=1S/C27H39FSi2/c1-2-3-4-17-29-18-13-24(14-19-29)25-15-20-30(21-16-25)27-11-7-23(8-12-27)22-5-9-26(28)10-6-22/h5-12,24-25,29-30H,2-4,13-21H2,1H3. The molecule has 162 valence electrons. The van der Waals surface area contributed by atoms with Crippen molar-refractivity contribution in [2.45, 2.75) is 82.1 Å². The number of halogens is 1. The van der Waals surface area contributed by atoms with E-state index in [2.05, 4.69) is 31.2 Å². The van der Waals surface area contributed by atoms with Crippen LogP contribution >= 0.6 is 0 Å². The van der Waals surface area contributed by atoms with Crippen LogP contribution in [0.4, 0.5) is 4.39 Å². The molecule has 0 spiro atoms. The second-order valence-corrected chi connectivity index (χ2v) is 16.7. The second-order valence-electron chi connectivity index (χ2n) is 10.0. The lowest BCUT2D eigenvalue weighted by molar-refractivity contribution is 0.278. The maximum atomic E-state index is 13.2. The van der Waals surface area contributed by atoms with Crippen LogP contribution in [0.5, 0.6) is 0 Å². The highest BCUT2D eigenvalue weighted by atomic mass is 28.3. The van der Waals surface area contributed by atoms with E-state index in [0.717, 1.165) is 17.4 Å². The molecule has 0 radical (unpaired) electrons. The van der Waals surface area contributed by atoms with Crippen LogP contribution < -0.4 is 5.19 Å². The summed E-state index contributed by atoms with van der Waals surface area (Å²) in [6.07, 6.45) is 10.5. The van der Waals surface area contributed by atoms with Gasteiger partial charge in [0.1, 0.15) is 5.82 Å². The second kappa shape index (κ2) is 10.9. The molecule has 0 amide bonds. The molecule has 2 aromatic rings. The van der Waals surface area contributed by atoms with Gasteiger partial charge in [-0.3, -0.25) is 0 Å². The number of unbranched alkanes of at least 4 members (excludes halogenated alkanes) is 2. The molecular formula is C27H39FSi2. The molecule has 2 aliphatic rings. The maximum Gasteiger partial charge on any atom is 0.123 e. The molecule has 2 aliphatic heterocycles. The Hall–Kier alpha value is -1.20. The number of benzene rings is 2. The van der Waals surface area contributed by atoms with Crippen LogP contribution in [0.15, 0.2) is 48.5 Å². The van der Waals surface area contributed by atoms with Crippen LogP contribution in [0.3, 0.4) is 0 Å². The zero-order chi connectivity index (χ0) is 20.8. The summed E-state index contributed by atoms with van der Waals surface area (Å²) in [4.78, 5) is 0. The van der Waals surface area contributed by atoms with Crippen molar-refractivity contribution in [3.63, 3.8) is 0 Å². The van der Waals surface area contributed by atoms with Gasteiger partial charge in [0.05, 0.1) is 8.80 Å². The lowest BCUT2D eigenvalue weighted by Gasteiger charge is -2.37. The molecule has 0 unspecified atom stereocenters. The normalized spacial score (nSPS) is 27.1. The van der Waals surface area contributed by atoms with Crippen LogP contribution in [0.2, 0.25) is 30.2 Å². The van der Waals surface area contributed by atoms with Crippen LogP contribution in [-0.2, 0) is 0 Å². The Balaban J connectivity index is 1.24. The van der Waals surface area contributed by atoms with E-state index in [0.29, 0.717) is 0 Å². The molecule has 2 aromatic carbocycles. The van der Waals surface area contributed by atoms with E-state index in [1.165, 1.54) is 49.8 Å². The minimum atomic E-state index is -0.783. The van der Waals surface area contributed by atoms with Gasteiger partial charge in [-0.05, 0) is 35.1 Å². The van der Waals surface area contributed by atoms with E-state index in [4.69, 9.17) is 0 Å². The third-order valence-corrected chi connectivity index (χ3v) is 15.0. The topological polar surface area (TPSA) is 0 Å². The fraction of sp³-hybridized carbons (Fsp3) is 0.556. The van der Waals surface area contributed by atoms with E-state index in [-0.39, 0.29) is 14.6 Å². The molecule has 0 aliphatic carbocycles. The molecule has 3 heteroatoms. The van der Waals surface area contributed by atoms with Crippen LogP contribution in [0, 0.1) is 17.7 Å². The Bertz CT molecular complexity index is 754.